The van der Waals surface area contributed by atoms with Gasteiger partial charge in [0.2, 0.25) is 5.88 Å². The molecular weight excluding hydrogens is 220 g/mol. The van der Waals surface area contributed by atoms with Crippen molar-refractivity contribution in [3.63, 3.8) is 0 Å². The summed E-state index contributed by atoms with van der Waals surface area (Å²) in [5.41, 5.74) is 0.865. The van der Waals surface area contributed by atoms with Crippen molar-refractivity contribution in [2.24, 2.45) is 5.92 Å². The molecule has 1 N–H and O–H groups in total. The number of carbonyl (C=O) groups is 1. The van der Waals surface area contributed by atoms with E-state index in [0.717, 1.165) is 5.69 Å². The Kier molecular flexibility index (Phi) is 4.90. The summed E-state index contributed by atoms with van der Waals surface area (Å²) in [6.07, 6.45) is 0. The van der Waals surface area contributed by atoms with Crippen molar-refractivity contribution in [3.05, 3.63) is 23.9 Å². The van der Waals surface area contributed by atoms with Gasteiger partial charge >= 0.3 is 5.97 Å². The molecule has 1 aromatic heterocycles. The van der Waals surface area contributed by atoms with Crippen molar-refractivity contribution in [1.29, 1.82) is 0 Å². The molecule has 0 saturated heterocycles. The van der Waals surface area contributed by atoms with Gasteiger partial charge in [0, 0.05) is 19.2 Å². The molecule has 0 fully saturated rings. The molecule has 0 amide bonds. The Morgan fingerprint density at radius 2 is 2.29 bits per heavy atom. The maximum Gasteiger partial charge on any atom is 0.307 e. The molecule has 1 heterocycles. The zero-order valence-corrected chi connectivity index (χ0v) is 10.4. The largest absolute Gasteiger partial charge is 0.481 e. The molecular formula is C12H18N2O3. The number of aromatic nitrogens is 1. The van der Waals surface area contributed by atoms with E-state index in [4.69, 9.17) is 9.84 Å². The molecule has 0 radical (unpaired) electrons. The molecule has 94 valence electrons. The first-order chi connectivity index (χ1) is 8.02. The maximum absolute atomic E-state index is 10.7. The first kappa shape index (κ1) is 13.4. The van der Waals surface area contributed by atoms with Crippen LogP contribution in [0.4, 0.5) is 0 Å². The van der Waals surface area contributed by atoms with Gasteiger partial charge in [0.05, 0.1) is 18.7 Å². The molecule has 0 aliphatic carbocycles. The van der Waals surface area contributed by atoms with Crippen molar-refractivity contribution in [2.45, 2.75) is 13.5 Å². The highest BCUT2D eigenvalue weighted by atomic mass is 16.5. The molecule has 5 nitrogen and oxygen atoms in total. The van der Waals surface area contributed by atoms with Gasteiger partial charge in [-0.25, -0.2) is 4.98 Å². The van der Waals surface area contributed by atoms with E-state index in [9.17, 15) is 4.79 Å². The normalized spacial score (nSPS) is 12.5. The number of pyridine rings is 1. The van der Waals surface area contributed by atoms with Crippen LogP contribution < -0.4 is 4.74 Å². The Balaban J connectivity index is 2.55. The number of methoxy groups -OCH3 is 1. The van der Waals surface area contributed by atoms with E-state index in [1.165, 1.54) is 0 Å². The number of hydrogen-bond acceptors (Lipinski definition) is 4. The van der Waals surface area contributed by atoms with Crippen LogP contribution in [0.2, 0.25) is 0 Å². The third kappa shape index (κ3) is 4.40. The van der Waals surface area contributed by atoms with Gasteiger partial charge in [0.25, 0.3) is 0 Å². The fourth-order valence-electron chi connectivity index (χ4n) is 1.55. The Bertz CT molecular complexity index is 382. The van der Waals surface area contributed by atoms with Crippen molar-refractivity contribution < 1.29 is 14.6 Å². The number of ether oxygens (including phenoxy) is 1. The van der Waals surface area contributed by atoms with Crippen LogP contribution in [0.1, 0.15) is 12.6 Å². The minimum absolute atomic E-state index is 0.384. The van der Waals surface area contributed by atoms with E-state index in [1.54, 1.807) is 20.1 Å². The van der Waals surface area contributed by atoms with Crippen LogP contribution in [0.5, 0.6) is 5.88 Å². The van der Waals surface area contributed by atoms with Gasteiger partial charge < -0.3 is 9.84 Å². The minimum Gasteiger partial charge on any atom is -0.481 e. The number of aliphatic carboxylic acids is 1. The number of carboxylic acids is 1. The Morgan fingerprint density at radius 3 is 2.88 bits per heavy atom. The second-order valence-corrected chi connectivity index (χ2v) is 4.11. The minimum atomic E-state index is -0.782. The Hall–Kier alpha value is -1.62. The summed E-state index contributed by atoms with van der Waals surface area (Å²) in [4.78, 5) is 16.9. The number of rotatable bonds is 6. The summed E-state index contributed by atoms with van der Waals surface area (Å²) in [5, 5.41) is 8.82. The molecule has 5 heteroatoms. The number of nitrogens with zero attached hydrogens (tertiary/aromatic N) is 2. The van der Waals surface area contributed by atoms with E-state index in [-0.39, 0.29) is 5.92 Å². The summed E-state index contributed by atoms with van der Waals surface area (Å²) in [6.45, 7) is 2.79. The molecule has 1 aromatic rings. The fraction of sp³-hybridized carbons (Fsp3) is 0.500. The van der Waals surface area contributed by atoms with E-state index in [1.807, 2.05) is 24.1 Å². The zero-order valence-electron chi connectivity index (χ0n) is 10.4. The first-order valence-electron chi connectivity index (χ1n) is 5.44. The molecule has 0 aliphatic heterocycles. The van der Waals surface area contributed by atoms with E-state index in [0.29, 0.717) is 19.0 Å². The van der Waals surface area contributed by atoms with E-state index in [2.05, 4.69) is 4.98 Å². The topological polar surface area (TPSA) is 62.7 Å². The second kappa shape index (κ2) is 6.20. The van der Waals surface area contributed by atoms with Gasteiger partial charge in [-0.2, -0.15) is 0 Å². The summed E-state index contributed by atoms with van der Waals surface area (Å²) in [6, 6.07) is 5.55. The SMILES string of the molecule is COc1cccc(CN(C)CC(C)C(=O)O)n1. The molecule has 0 saturated carbocycles. The van der Waals surface area contributed by atoms with Crippen molar-refractivity contribution in [1.82, 2.24) is 9.88 Å². The van der Waals surface area contributed by atoms with Crippen molar-refractivity contribution >= 4 is 5.97 Å². The van der Waals surface area contributed by atoms with E-state index < -0.39 is 5.97 Å². The molecule has 0 bridgehead atoms. The maximum atomic E-state index is 10.7. The predicted molar refractivity (Wildman–Crippen MR) is 63.9 cm³/mol. The van der Waals surface area contributed by atoms with Crippen LogP contribution in [0.3, 0.4) is 0 Å². The monoisotopic (exact) mass is 238 g/mol. The summed E-state index contributed by atoms with van der Waals surface area (Å²) in [7, 11) is 3.45. The average molecular weight is 238 g/mol. The average Bonchev–Trinajstić information content (AvgIpc) is 2.28. The molecule has 17 heavy (non-hydrogen) atoms. The third-order valence-corrected chi connectivity index (χ3v) is 2.43. The summed E-state index contributed by atoms with van der Waals surface area (Å²) in [5.74, 6) is -0.594. The van der Waals surface area contributed by atoms with Crippen LogP contribution in [0.25, 0.3) is 0 Å². The lowest BCUT2D eigenvalue weighted by molar-refractivity contribution is -0.141. The quantitative estimate of drug-likeness (QED) is 0.808. The van der Waals surface area contributed by atoms with E-state index >= 15 is 0 Å². The number of hydrogen-bond donors (Lipinski definition) is 1. The third-order valence-electron chi connectivity index (χ3n) is 2.43. The second-order valence-electron chi connectivity index (χ2n) is 4.11. The molecule has 0 aromatic carbocycles. The lowest BCUT2D eigenvalue weighted by atomic mass is 10.2. The summed E-state index contributed by atoms with van der Waals surface area (Å²) < 4.78 is 5.03. The van der Waals surface area contributed by atoms with Gasteiger partial charge in [-0.05, 0) is 13.1 Å². The van der Waals surface area contributed by atoms with Crippen LogP contribution in [-0.4, -0.2) is 41.7 Å². The molecule has 1 unspecified atom stereocenters. The highest BCUT2D eigenvalue weighted by Crippen LogP contribution is 2.09. The van der Waals surface area contributed by atoms with Crippen LogP contribution in [-0.2, 0) is 11.3 Å². The predicted octanol–water partition coefficient (Wildman–Crippen LogP) is 1.24. The van der Waals surface area contributed by atoms with Crippen LogP contribution >= 0.6 is 0 Å². The standard InChI is InChI=1S/C12H18N2O3/c1-9(12(15)16)7-14(2)8-10-5-4-6-11(13-10)17-3/h4-6,9H,7-8H2,1-3H3,(H,15,16). The van der Waals surface area contributed by atoms with Gasteiger partial charge in [0.15, 0.2) is 0 Å². The molecule has 0 aliphatic rings. The molecule has 1 rings (SSSR count). The fourth-order valence-corrected chi connectivity index (χ4v) is 1.55. The molecule has 0 spiro atoms. The van der Waals surface area contributed by atoms with Crippen LogP contribution in [0, 0.1) is 5.92 Å². The van der Waals surface area contributed by atoms with Gasteiger partial charge in [-0.15, -0.1) is 0 Å². The highest BCUT2D eigenvalue weighted by Gasteiger charge is 2.13. The smallest absolute Gasteiger partial charge is 0.307 e. The lowest BCUT2D eigenvalue weighted by Crippen LogP contribution is -2.28. The van der Waals surface area contributed by atoms with Gasteiger partial charge in [0.1, 0.15) is 0 Å². The summed E-state index contributed by atoms with van der Waals surface area (Å²) >= 11 is 0. The Morgan fingerprint density at radius 1 is 1.59 bits per heavy atom. The van der Waals surface area contributed by atoms with Gasteiger partial charge in [-0.3, -0.25) is 9.69 Å². The van der Waals surface area contributed by atoms with Crippen LogP contribution in [0.15, 0.2) is 18.2 Å². The first-order valence-corrected chi connectivity index (χ1v) is 5.44. The lowest BCUT2D eigenvalue weighted by Gasteiger charge is -2.18. The van der Waals surface area contributed by atoms with Crippen molar-refractivity contribution in [3.8, 4) is 5.88 Å². The highest BCUT2D eigenvalue weighted by molar-refractivity contribution is 5.69. The zero-order chi connectivity index (χ0) is 12.8. The Labute approximate surface area is 101 Å². The number of carboxylic acid groups (broad SMARTS) is 1. The van der Waals surface area contributed by atoms with Crippen molar-refractivity contribution in [2.75, 3.05) is 20.7 Å². The molecule has 1 atom stereocenters. The van der Waals surface area contributed by atoms with Gasteiger partial charge in [-0.1, -0.05) is 13.0 Å².